The monoisotopic (exact) mass is 301 g/mol. The van der Waals surface area contributed by atoms with E-state index in [0.29, 0.717) is 0 Å². The van der Waals surface area contributed by atoms with Gasteiger partial charge in [-0.2, -0.15) is 0 Å². The molecule has 2 aromatic rings. The number of hydrogen-bond donors (Lipinski definition) is 1. The van der Waals surface area contributed by atoms with Crippen LogP contribution in [0.15, 0.2) is 41.8 Å². The Morgan fingerprint density at radius 1 is 1.14 bits per heavy atom. The standard InChI is InChI=1S/C17H23N3S/c1-14-4-2-5-15(12-14)20-9-7-19(8-10-20)13-16(18)17-6-3-11-21-17/h2-6,11-12,16H,7-10,13,18H2,1H3. The van der Waals surface area contributed by atoms with Gasteiger partial charge in [0.2, 0.25) is 0 Å². The molecular weight excluding hydrogens is 278 g/mol. The van der Waals surface area contributed by atoms with Crippen molar-refractivity contribution in [2.75, 3.05) is 37.6 Å². The molecule has 112 valence electrons. The van der Waals surface area contributed by atoms with Crippen molar-refractivity contribution < 1.29 is 0 Å². The topological polar surface area (TPSA) is 32.5 Å². The molecule has 1 fully saturated rings. The van der Waals surface area contributed by atoms with Crippen LogP contribution in [0.25, 0.3) is 0 Å². The van der Waals surface area contributed by atoms with Crippen LogP contribution in [-0.2, 0) is 0 Å². The Bertz CT molecular complexity index is 559. The molecule has 0 radical (unpaired) electrons. The molecule has 0 spiro atoms. The maximum absolute atomic E-state index is 6.29. The lowest BCUT2D eigenvalue weighted by Crippen LogP contribution is -2.48. The number of piperazine rings is 1. The summed E-state index contributed by atoms with van der Waals surface area (Å²) in [5.41, 5.74) is 8.96. The van der Waals surface area contributed by atoms with E-state index >= 15 is 0 Å². The second-order valence-electron chi connectivity index (χ2n) is 5.75. The van der Waals surface area contributed by atoms with E-state index in [1.54, 1.807) is 11.3 Å². The first kappa shape index (κ1) is 14.6. The van der Waals surface area contributed by atoms with Crippen molar-refractivity contribution in [2.24, 2.45) is 5.73 Å². The summed E-state index contributed by atoms with van der Waals surface area (Å²) in [6.45, 7) is 7.46. The summed E-state index contributed by atoms with van der Waals surface area (Å²) in [6, 6.07) is 13.1. The average Bonchev–Trinajstić information content (AvgIpc) is 3.02. The minimum absolute atomic E-state index is 0.149. The molecule has 0 bridgehead atoms. The van der Waals surface area contributed by atoms with Crippen molar-refractivity contribution >= 4 is 17.0 Å². The lowest BCUT2D eigenvalue weighted by Gasteiger charge is -2.37. The molecule has 1 atom stereocenters. The van der Waals surface area contributed by atoms with Gasteiger partial charge in [0.15, 0.2) is 0 Å². The van der Waals surface area contributed by atoms with Gasteiger partial charge in [-0.3, -0.25) is 4.90 Å². The molecule has 1 aromatic heterocycles. The maximum atomic E-state index is 6.29. The zero-order chi connectivity index (χ0) is 14.7. The molecule has 0 amide bonds. The van der Waals surface area contributed by atoms with Crippen LogP contribution in [0, 0.1) is 6.92 Å². The summed E-state index contributed by atoms with van der Waals surface area (Å²) in [7, 11) is 0. The third kappa shape index (κ3) is 3.64. The van der Waals surface area contributed by atoms with Gasteiger partial charge >= 0.3 is 0 Å². The van der Waals surface area contributed by atoms with Crippen LogP contribution in [0.3, 0.4) is 0 Å². The zero-order valence-electron chi connectivity index (χ0n) is 12.5. The van der Waals surface area contributed by atoms with Crippen LogP contribution in [0.4, 0.5) is 5.69 Å². The van der Waals surface area contributed by atoms with Crippen LogP contribution in [-0.4, -0.2) is 37.6 Å². The minimum atomic E-state index is 0.149. The van der Waals surface area contributed by atoms with E-state index in [2.05, 4.69) is 58.5 Å². The molecule has 1 aliphatic heterocycles. The molecule has 2 N–H and O–H groups in total. The molecule has 0 saturated carbocycles. The number of rotatable bonds is 4. The Balaban J connectivity index is 1.53. The van der Waals surface area contributed by atoms with E-state index in [0.717, 1.165) is 32.7 Å². The van der Waals surface area contributed by atoms with E-state index < -0.39 is 0 Å². The van der Waals surface area contributed by atoms with Gasteiger partial charge in [-0.15, -0.1) is 11.3 Å². The SMILES string of the molecule is Cc1cccc(N2CCN(CC(N)c3cccs3)CC2)c1. The zero-order valence-corrected chi connectivity index (χ0v) is 13.4. The number of thiophene rings is 1. The fraction of sp³-hybridized carbons (Fsp3) is 0.412. The number of benzene rings is 1. The third-order valence-corrected chi connectivity index (χ3v) is 5.11. The maximum Gasteiger partial charge on any atom is 0.0519 e. The van der Waals surface area contributed by atoms with Gasteiger partial charge in [0.25, 0.3) is 0 Å². The highest BCUT2D eigenvalue weighted by Crippen LogP contribution is 2.20. The van der Waals surface area contributed by atoms with Crippen LogP contribution in [0.1, 0.15) is 16.5 Å². The normalized spacial score (nSPS) is 17.9. The fourth-order valence-corrected chi connectivity index (χ4v) is 3.60. The van der Waals surface area contributed by atoms with Crippen molar-refractivity contribution in [2.45, 2.75) is 13.0 Å². The molecular formula is C17H23N3S. The number of hydrogen-bond acceptors (Lipinski definition) is 4. The number of nitrogens with zero attached hydrogens (tertiary/aromatic N) is 2. The lowest BCUT2D eigenvalue weighted by molar-refractivity contribution is 0.244. The Hall–Kier alpha value is -1.36. The van der Waals surface area contributed by atoms with Gasteiger partial charge < -0.3 is 10.6 Å². The second-order valence-corrected chi connectivity index (χ2v) is 6.73. The van der Waals surface area contributed by atoms with E-state index in [9.17, 15) is 0 Å². The Kier molecular flexibility index (Phi) is 4.58. The quantitative estimate of drug-likeness (QED) is 0.942. The molecule has 4 heteroatoms. The molecule has 2 heterocycles. The van der Waals surface area contributed by atoms with Crippen LogP contribution in [0.5, 0.6) is 0 Å². The van der Waals surface area contributed by atoms with Gasteiger partial charge in [-0.05, 0) is 36.1 Å². The van der Waals surface area contributed by atoms with Gasteiger partial charge in [0, 0.05) is 43.3 Å². The van der Waals surface area contributed by atoms with Crippen molar-refractivity contribution in [3.8, 4) is 0 Å². The number of anilines is 1. The van der Waals surface area contributed by atoms with Crippen molar-refractivity contribution in [3.05, 3.63) is 52.2 Å². The molecule has 3 nitrogen and oxygen atoms in total. The van der Waals surface area contributed by atoms with E-state index in [4.69, 9.17) is 5.73 Å². The minimum Gasteiger partial charge on any atom is -0.369 e. The molecule has 1 unspecified atom stereocenters. The predicted octanol–water partition coefficient (Wildman–Crippen LogP) is 2.88. The fourth-order valence-electron chi connectivity index (χ4n) is 2.88. The highest BCUT2D eigenvalue weighted by molar-refractivity contribution is 7.10. The highest BCUT2D eigenvalue weighted by Gasteiger charge is 2.19. The summed E-state index contributed by atoms with van der Waals surface area (Å²) >= 11 is 1.76. The molecule has 0 aliphatic carbocycles. The van der Waals surface area contributed by atoms with Crippen LogP contribution >= 0.6 is 11.3 Å². The largest absolute Gasteiger partial charge is 0.369 e. The third-order valence-electron chi connectivity index (χ3n) is 4.10. The first-order valence-electron chi connectivity index (χ1n) is 7.55. The average molecular weight is 301 g/mol. The smallest absolute Gasteiger partial charge is 0.0519 e. The summed E-state index contributed by atoms with van der Waals surface area (Å²) in [4.78, 5) is 6.24. The van der Waals surface area contributed by atoms with Crippen molar-refractivity contribution in [3.63, 3.8) is 0 Å². The Labute approximate surface area is 131 Å². The molecule has 1 aromatic carbocycles. The lowest BCUT2D eigenvalue weighted by atomic mass is 10.1. The van der Waals surface area contributed by atoms with Gasteiger partial charge in [-0.25, -0.2) is 0 Å². The van der Waals surface area contributed by atoms with E-state index in [1.807, 2.05) is 0 Å². The molecule has 21 heavy (non-hydrogen) atoms. The highest BCUT2D eigenvalue weighted by atomic mass is 32.1. The first-order valence-corrected chi connectivity index (χ1v) is 8.43. The van der Waals surface area contributed by atoms with Crippen molar-refractivity contribution in [1.29, 1.82) is 0 Å². The van der Waals surface area contributed by atoms with E-state index in [-0.39, 0.29) is 6.04 Å². The number of nitrogens with two attached hydrogens (primary N) is 1. The molecule has 3 rings (SSSR count). The Morgan fingerprint density at radius 2 is 1.95 bits per heavy atom. The summed E-state index contributed by atoms with van der Waals surface area (Å²) in [6.07, 6.45) is 0. The van der Waals surface area contributed by atoms with Gasteiger partial charge in [0.1, 0.15) is 0 Å². The summed E-state index contributed by atoms with van der Waals surface area (Å²) in [5, 5.41) is 2.10. The first-order chi connectivity index (χ1) is 10.2. The van der Waals surface area contributed by atoms with Crippen molar-refractivity contribution in [1.82, 2.24) is 4.90 Å². The summed E-state index contributed by atoms with van der Waals surface area (Å²) in [5.74, 6) is 0. The molecule has 1 aliphatic rings. The Morgan fingerprint density at radius 3 is 2.62 bits per heavy atom. The van der Waals surface area contributed by atoms with E-state index in [1.165, 1.54) is 16.1 Å². The number of aryl methyl sites for hydroxylation is 1. The van der Waals surface area contributed by atoms with Crippen LogP contribution < -0.4 is 10.6 Å². The summed E-state index contributed by atoms with van der Waals surface area (Å²) < 4.78 is 0. The van der Waals surface area contributed by atoms with Gasteiger partial charge in [0.05, 0.1) is 6.04 Å². The molecule has 1 saturated heterocycles. The second kappa shape index (κ2) is 6.60. The van der Waals surface area contributed by atoms with Gasteiger partial charge in [-0.1, -0.05) is 18.2 Å². The predicted molar refractivity (Wildman–Crippen MR) is 91.1 cm³/mol. The van der Waals surface area contributed by atoms with Crippen LogP contribution in [0.2, 0.25) is 0 Å².